The van der Waals surface area contributed by atoms with Gasteiger partial charge in [0.1, 0.15) is 5.75 Å². The maximum Gasteiger partial charge on any atom is 0.354 e. The molecule has 0 saturated carbocycles. The smallest absolute Gasteiger partial charge is 0.354 e. The number of imidazole rings is 1. The maximum absolute atomic E-state index is 11.9. The van der Waals surface area contributed by atoms with Crippen molar-refractivity contribution in [3.63, 3.8) is 0 Å². The highest BCUT2D eigenvalue weighted by molar-refractivity contribution is 6.09. The fraction of sp³-hybridized carbons (Fsp3) is 0. The largest absolute Gasteiger partial charge is 0.506 e. The van der Waals surface area contributed by atoms with Gasteiger partial charge in [0.25, 0.3) is 11.6 Å². The molecule has 0 aliphatic rings. The number of non-ortho nitro benzene ring substituents is 1. The molecular weight excluding hydrogens is 284 g/mol. The van der Waals surface area contributed by atoms with E-state index in [0.29, 0.717) is 0 Å². The summed E-state index contributed by atoms with van der Waals surface area (Å²) in [4.78, 5) is 38.4. The van der Waals surface area contributed by atoms with E-state index in [0.717, 1.165) is 24.5 Å². The summed E-state index contributed by atoms with van der Waals surface area (Å²) < 4.78 is 0. The molecule has 2 rings (SSSR count). The summed E-state index contributed by atoms with van der Waals surface area (Å²) in [5.41, 5.74) is -1.24. The number of rotatable bonds is 4. The van der Waals surface area contributed by atoms with Crippen molar-refractivity contribution in [1.29, 1.82) is 0 Å². The number of carboxylic acids is 1. The maximum atomic E-state index is 11.9. The molecule has 1 heterocycles. The number of H-pyrrole nitrogens is 1. The van der Waals surface area contributed by atoms with Gasteiger partial charge in [-0.2, -0.15) is 0 Å². The number of carbonyl (C=O) groups is 2. The fourth-order valence-electron chi connectivity index (χ4n) is 1.55. The van der Waals surface area contributed by atoms with E-state index in [4.69, 9.17) is 5.11 Å². The van der Waals surface area contributed by atoms with Crippen LogP contribution in [-0.2, 0) is 0 Å². The Morgan fingerprint density at radius 2 is 2.10 bits per heavy atom. The molecule has 0 aliphatic heterocycles. The van der Waals surface area contributed by atoms with Crippen LogP contribution in [0, 0.1) is 10.1 Å². The molecule has 0 aliphatic carbocycles. The van der Waals surface area contributed by atoms with Crippen LogP contribution in [0.3, 0.4) is 0 Å². The lowest BCUT2D eigenvalue weighted by Gasteiger charge is -2.06. The van der Waals surface area contributed by atoms with Crippen molar-refractivity contribution in [1.82, 2.24) is 9.97 Å². The zero-order chi connectivity index (χ0) is 15.6. The molecule has 21 heavy (non-hydrogen) atoms. The summed E-state index contributed by atoms with van der Waals surface area (Å²) in [6.07, 6.45) is 1.04. The molecular formula is C11H8N4O6. The lowest BCUT2D eigenvalue weighted by atomic mass is 10.2. The second kappa shape index (κ2) is 5.28. The zero-order valence-corrected chi connectivity index (χ0v) is 10.2. The first-order valence-corrected chi connectivity index (χ1v) is 5.45. The Balaban J connectivity index is 2.26. The lowest BCUT2D eigenvalue weighted by Crippen LogP contribution is -2.16. The van der Waals surface area contributed by atoms with E-state index in [1.807, 2.05) is 0 Å². The molecule has 0 spiro atoms. The van der Waals surface area contributed by atoms with Crippen molar-refractivity contribution in [2.24, 2.45) is 0 Å². The van der Waals surface area contributed by atoms with Gasteiger partial charge in [0.2, 0.25) is 0 Å². The number of aromatic hydroxyl groups is 1. The van der Waals surface area contributed by atoms with E-state index in [9.17, 15) is 24.8 Å². The second-order valence-electron chi connectivity index (χ2n) is 3.84. The summed E-state index contributed by atoms with van der Waals surface area (Å²) in [6, 6.07) is 3.06. The molecule has 1 amide bonds. The Labute approximate surface area is 116 Å². The highest BCUT2D eigenvalue weighted by atomic mass is 16.6. The summed E-state index contributed by atoms with van der Waals surface area (Å²) in [6.45, 7) is 0. The standard InChI is InChI=1S/C11H8N4O6/c16-7-3-5(15(20)21)1-2-6(7)14-10(17)8-9(11(18)19)13-4-12-8/h1-4,16H,(H,12,13)(H,14,17)(H,18,19). The van der Waals surface area contributed by atoms with Crippen LogP contribution in [0.2, 0.25) is 0 Å². The number of nitro benzene ring substituents is 1. The number of carboxylic acid groups (broad SMARTS) is 1. The van der Waals surface area contributed by atoms with Gasteiger partial charge in [0, 0.05) is 6.07 Å². The lowest BCUT2D eigenvalue weighted by molar-refractivity contribution is -0.384. The number of hydrogen-bond acceptors (Lipinski definition) is 6. The number of aromatic nitrogens is 2. The molecule has 4 N–H and O–H groups in total. The first kappa shape index (κ1) is 14.0. The van der Waals surface area contributed by atoms with Gasteiger partial charge in [-0.3, -0.25) is 14.9 Å². The Bertz CT molecular complexity index is 738. The number of aromatic amines is 1. The number of amides is 1. The number of nitrogens with one attached hydrogen (secondary N) is 2. The molecule has 1 aromatic heterocycles. The van der Waals surface area contributed by atoms with Crippen LogP contribution in [0.5, 0.6) is 5.75 Å². The SMILES string of the molecule is O=C(Nc1ccc([N+](=O)[O-])cc1O)c1nc[nH]c1C(=O)O. The number of nitro groups is 1. The highest BCUT2D eigenvalue weighted by Crippen LogP contribution is 2.28. The van der Waals surface area contributed by atoms with Gasteiger partial charge in [-0.15, -0.1) is 0 Å². The second-order valence-corrected chi connectivity index (χ2v) is 3.84. The first-order chi connectivity index (χ1) is 9.90. The van der Waals surface area contributed by atoms with Gasteiger partial charge in [-0.25, -0.2) is 9.78 Å². The predicted molar refractivity (Wildman–Crippen MR) is 68.3 cm³/mol. The van der Waals surface area contributed by atoms with Crippen LogP contribution in [0.15, 0.2) is 24.5 Å². The van der Waals surface area contributed by atoms with Crippen molar-refractivity contribution in [2.75, 3.05) is 5.32 Å². The highest BCUT2D eigenvalue weighted by Gasteiger charge is 2.21. The first-order valence-electron chi connectivity index (χ1n) is 5.45. The topological polar surface area (TPSA) is 158 Å². The number of anilines is 1. The molecule has 0 bridgehead atoms. The number of aromatic carboxylic acids is 1. The van der Waals surface area contributed by atoms with Gasteiger partial charge >= 0.3 is 5.97 Å². The Morgan fingerprint density at radius 3 is 2.67 bits per heavy atom. The molecule has 0 saturated heterocycles. The van der Waals surface area contributed by atoms with Gasteiger partial charge in [0.05, 0.1) is 23.0 Å². The monoisotopic (exact) mass is 292 g/mol. The van der Waals surface area contributed by atoms with Crippen molar-refractivity contribution >= 4 is 23.3 Å². The van der Waals surface area contributed by atoms with Gasteiger partial charge in [-0.1, -0.05) is 0 Å². The van der Waals surface area contributed by atoms with E-state index in [2.05, 4.69) is 15.3 Å². The van der Waals surface area contributed by atoms with E-state index >= 15 is 0 Å². The van der Waals surface area contributed by atoms with E-state index in [1.165, 1.54) is 0 Å². The van der Waals surface area contributed by atoms with Crippen molar-refractivity contribution < 1.29 is 24.7 Å². The molecule has 1 aromatic carbocycles. The van der Waals surface area contributed by atoms with Gasteiger partial charge < -0.3 is 20.5 Å². The minimum Gasteiger partial charge on any atom is -0.506 e. The minimum atomic E-state index is -1.37. The summed E-state index contributed by atoms with van der Waals surface area (Å²) >= 11 is 0. The third-order valence-electron chi connectivity index (χ3n) is 2.51. The van der Waals surface area contributed by atoms with Crippen LogP contribution in [0.1, 0.15) is 21.0 Å². The molecule has 0 atom stereocenters. The van der Waals surface area contributed by atoms with Crippen LogP contribution >= 0.6 is 0 Å². The van der Waals surface area contributed by atoms with E-state index in [1.54, 1.807) is 0 Å². The minimum absolute atomic E-state index is 0.107. The Morgan fingerprint density at radius 1 is 1.38 bits per heavy atom. The normalized spacial score (nSPS) is 10.1. The average Bonchev–Trinajstić information content (AvgIpc) is 2.90. The Kier molecular flexibility index (Phi) is 3.52. The average molecular weight is 292 g/mol. The van der Waals surface area contributed by atoms with Gasteiger partial charge in [-0.05, 0) is 6.07 Å². The zero-order valence-electron chi connectivity index (χ0n) is 10.2. The number of hydrogen-bond donors (Lipinski definition) is 4. The van der Waals surface area contributed by atoms with Crippen molar-refractivity contribution in [3.05, 3.63) is 46.0 Å². The summed E-state index contributed by atoms with van der Waals surface area (Å²) in [5, 5.41) is 31.2. The third kappa shape index (κ3) is 2.78. The molecule has 0 radical (unpaired) electrons. The number of benzene rings is 1. The number of nitrogens with zero attached hydrogens (tertiary/aromatic N) is 2. The van der Waals surface area contributed by atoms with E-state index in [-0.39, 0.29) is 17.1 Å². The van der Waals surface area contributed by atoms with Gasteiger partial charge in [0.15, 0.2) is 11.4 Å². The van der Waals surface area contributed by atoms with Crippen LogP contribution in [0.25, 0.3) is 0 Å². The molecule has 0 fully saturated rings. The predicted octanol–water partition coefficient (Wildman–Crippen LogP) is 0.974. The quantitative estimate of drug-likeness (QED) is 0.371. The van der Waals surface area contributed by atoms with Crippen LogP contribution < -0.4 is 5.32 Å². The summed E-state index contributed by atoms with van der Waals surface area (Å²) in [5.74, 6) is -2.77. The third-order valence-corrected chi connectivity index (χ3v) is 2.51. The molecule has 10 nitrogen and oxygen atoms in total. The van der Waals surface area contributed by atoms with E-state index < -0.39 is 28.2 Å². The number of phenolic OH excluding ortho intramolecular Hbond substituents is 1. The van der Waals surface area contributed by atoms with Crippen molar-refractivity contribution in [3.8, 4) is 5.75 Å². The number of carbonyl (C=O) groups excluding carboxylic acids is 1. The van der Waals surface area contributed by atoms with Crippen molar-refractivity contribution in [2.45, 2.75) is 0 Å². The molecule has 108 valence electrons. The molecule has 2 aromatic rings. The fourth-order valence-corrected chi connectivity index (χ4v) is 1.55. The number of phenols is 1. The molecule has 0 unspecified atom stereocenters. The Hall–Kier alpha value is -3.43. The summed E-state index contributed by atoms with van der Waals surface area (Å²) in [7, 11) is 0. The van der Waals surface area contributed by atoms with Crippen LogP contribution in [0.4, 0.5) is 11.4 Å². The molecule has 10 heteroatoms. The van der Waals surface area contributed by atoms with Crippen LogP contribution in [-0.4, -0.2) is 37.0 Å².